The Hall–Kier alpha value is -2.82. The van der Waals surface area contributed by atoms with Gasteiger partial charge in [0.25, 0.3) is 0 Å². The Balaban J connectivity index is 2.03. The summed E-state index contributed by atoms with van der Waals surface area (Å²) in [6.45, 7) is 1.52. The Morgan fingerprint density at radius 3 is 2.45 bits per heavy atom. The maximum atomic E-state index is 13.4. The second-order valence-corrected chi connectivity index (χ2v) is 9.72. The molecule has 7 nitrogen and oxygen atoms in total. The minimum absolute atomic E-state index is 0.0564. The first-order chi connectivity index (χ1) is 14.5. The summed E-state index contributed by atoms with van der Waals surface area (Å²) in [4.78, 5) is 21.7. The minimum Gasteiger partial charge on any atom is -0.413 e. The van der Waals surface area contributed by atoms with Gasteiger partial charge in [-0.2, -0.15) is 13.2 Å². The van der Waals surface area contributed by atoms with E-state index in [4.69, 9.17) is 0 Å². The standard InChI is InChI=1S/C20H20F3N3O4S/c1-4-31(28,29)15-9-12(11-5-6-11)7-8-13(15)18-24-14-10-16(20(21,22)23)26(30-3)19(27)17(14)25(18)2/h7-11H,4-6H2,1-3H3. The normalized spacial score (nSPS) is 14.9. The SMILES string of the molecule is CCS(=O)(=O)c1cc(C2CC2)ccc1-c1nc2cc(C(F)(F)F)n(OC)c(=O)c2n1C. The quantitative estimate of drug-likeness (QED) is 0.590. The van der Waals surface area contributed by atoms with Crippen molar-refractivity contribution in [1.82, 2.24) is 14.3 Å². The highest BCUT2D eigenvalue weighted by Gasteiger charge is 2.37. The van der Waals surface area contributed by atoms with Crippen LogP contribution in [0.4, 0.5) is 13.2 Å². The average Bonchev–Trinajstić information content (AvgIpc) is 3.50. The molecule has 3 aromatic rings. The Morgan fingerprint density at radius 1 is 1.23 bits per heavy atom. The summed E-state index contributed by atoms with van der Waals surface area (Å²) in [5, 5.41) is 0. The minimum atomic E-state index is -4.84. The van der Waals surface area contributed by atoms with E-state index in [1.807, 2.05) is 0 Å². The summed E-state index contributed by atoms with van der Waals surface area (Å²) >= 11 is 0. The molecule has 2 heterocycles. The molecule has 0 spiro atoms. The lowest BCUT2D eigenvalue weighted by Crippen LogP contribution is -2.32. The molecule has 0 amide bonds. The number of hydrogen-bond acceptors (Lipinski definition) is 5. The van der Waals surface area contributed by atoms with Crippen LogP contribution in [0.3, 0.4) is 0 Å². The number of fused-ring (bicyclic) bond motifs is 1. The van der Waals surface area contributed by atoms with Crippen molar-refractivity contribution >= 4 is 20.9 Å². The largest absolute Gasteiger partial charge is 0.435 e. The molecule has 4 rings (SSSR count). The summed E-state index contributed by atoms with van der Waals surface area (Å²) < 4.78 is 67.3. The van der Waals surface area contributed by atoms with E-state index in [9.17, 15) is 26.4 Å². The van der Waals surface area contributed by atoms with Gasteiger partial charge in [-0.05, 0) is 42.5 Å². The average molecular weight is 455 g/mol. The van der Waals surface area contributed by atoms with Gasteiger partial charge in [-0.3, -0.25) is 4.79 Å². The molecule has 31 heavy (non-hydrogen) atoms. The van der Waals surface area contributed by atoms with E-state index in [0.717, 1.165) is 31.6 Å². The highest BCUT2D eigenvalue weighted by molar-refractivity contribution is 7.91. The molecular weight excluding hydrogens is 435 g/mol. The van der Waals surface area contributed by atoms with Gasteiger partial charge in [-0.15, -0.1) is 4.73 Å². The van der Waals surface area contributed by atoms with Gasteiger partial charge in [0, 0.05) is 12.6 Å². The number of sulfone groups is 1. The van der Waals surface area contributed by atoms with E-state index < -0.39 is 27.3 Å². The topological polar surface area (TPSA) is 83.2 Å². The monoisotopic (exact) mass is 455 g/mol. The first-order valence-electron chi connectivity index (χ1n) is 9.60. The summed E-state index contributed by atoms with van der Waals surface area (Å²) in [5.41, 5.74) is -1.53. The highest BCUT2D eigenvalue weighted by Crippen LogP contribution is 2.42. The van der Waals surface area contributed by atoms with Crippen LogP contribution in [-0.4, -0.2) is 35.6 Å². The second-order valence-electron chi connectivity index (χ2n) is 7.47. The van der Waals surface area contributed by atoms with Crippen LogP contribution >= 0.6 is 0 Å². The summed E-state index contributed by atoms with van der Waals surface area (Å²) in [6.07, 6.45) is -2.88. The van der Waals surface area contributed by atoms with Gasteiger partial charge in [0.2, 0.25) is 0 Å². The molecule has 1 saturated carbocycles. The first kappa shape index (κ1) is 21.4. The third kappa shape index (κ3) is 3.50. The molecule has 1 aliphatic carbocycles. The number of aryl methyl sites for hydroxylation is 1. The van der Waals surface area contributed by atoms with Crippen LogP contribution in [0.15, 0.2) is 34.0 Å². The lowest BCUT2D eigenvalue weighted by molar-refractivity contribution is -0.151. The molecule has 166 valence electrons. The molecule has 1 aromatic carbocycles. The van der Waals surface area contributed by atoms with Crippen LogP contribution < -0.4 is 10.4 Å². The molecule has 0 atom stereocenters. The molecule has 0 N–H and O–H groups in total. The number of alkyl halides is 3. The van der Waals surface area contributed by atoms with Crippen LogP contribution in [-0.2, 0) is 23.1 Å². The number of aromatic nitrogens is 3. The summed E-state index contributed by atoms with van der Waals surface area (Å²) in [7, 11) is -1.24. The number of halogens is 3. The van der Waals surface area contributed by atoms with Gasteiger partial charge in [0.1, 0.15) is 18.5 Å². The lowest BCUT2D eigenvalue weighted by atomic mass is 10.1. The number of nitrogens with zero attached hydrogens (tertiary/aromatic N) is 3. The van der Waals surface area contributed by atoms with Crippen molar-refractivity contribution in [3.63, 3.8) is 0 Å². The highest BCUT2D eigenvalue weighted by atomic mass is 32.2. The molecule has 1 aliphatic rings. The van der Waals surface area contributed by atoms with Crippen molar-refractivity contribution < 1.29 is 26.4 Å². The molecule has 0 saturated heterocycles. The zero-order valence-electron chi connectivity index (χ0n) is 17.0. The number of hydrogen-bond donors (Lipinski definition) is 0. The van der Waals surface area contributed by atoms with Crippen molar-refractivity contribution in [2.24, 2.45) is 7.05 Å². The zero-order valence-corrected chi connectivity index (χ0v) is 17.8. The molecule has 0 unspecified atom stereocenters. The Morgan fingerprint density at radius 2 is 1.90 bits per heavy atom. The summed E-state index contributed by atoms with van der Waals surface area (Å²) in [6, 6.07) is 5.74. The van der Waals surface area contributed by atoms with Gasteiger partial charge in [0.05, 0.1) is 16.2 Å². The summed E-state index contributed by atoms with van der Waals surface area (Å²) in [5.74, 6) is 0.249. The molecule has 1 fully saturated rings. The molecule has 0 aliphatic heterocycles. The Bertz CT molecular complexity index is 1350. The van der Waals surface area contributed by atoms with Crippen molar-refractivity contribution in [1.29, 1.82) is 0 Å². The Kier molecular flexibility index (Phi) is 4.91. The van der Waals surface area contributed by atoms with E-state index in [-0.39, 0.29) is 37.8 Å². The van der Waals surface area contributed by atoms with Crippen LogP contribution in [0, 0.1) is 0 Å². The van der Waals surface area contributed by atoms with Crippen LogP contribution in [0.1, 0.15) is 36.9 Å². The van der Waals surface area contributed by atoms with Crippen molar-refractivity contribution in [2.75, 3.05) is 12.9 Å². The third-order valence-electron chi connectivity index (χ3n) is 5.48. The smallest absolute Gasteiger partial charge is 0.413 e. The zero-order chi connectivity index (χ0) is 22.7. The lowest BCUT2D eigenvalue weighted by Gasteiger charge is -2.13. The van der Waals surface area contributed by atoms with Crippen LogP contribution in [0.2, 0.25) is 0 Å². The van der Waals surface area contributed by atoms with Gasteiger partial charge >= 0.3 is 11.7 Å². The van der Waals surface area contributed by atoms with Gasteiger partial charge in [-0.1, -0.05) is 13.0 Å². The fraction of sp³-hybridized carbons (Fsp3) is 0.400. The van der Waals surface area contributed by atoms with Gasteiger partial charge < -0.3 is 9.40 Å². The maximum Gasteiger partial charge on any atom is 0.435 e. The van der Waals surface area contributed by atoms with Gasteiger partial charge in [-0.25, -0.2) is 13.4 Å². The van der Waals surface area contributed by atoms with Crippen molar-refractivity contribution in [2.45, 2.75) is 36.8 Å². The second kappa shape index (κ2) is 7.11. The van der Waals surface area contributed by atoms with Crippen molar-refractivity contribution in [3.05, 3.63) is 45.9 Å². The predicted molar refractivity (Wildman–Crippen MR) is 108 cm³/mol. The van der Waals surface area contributed by atoms with E-state index in [2.05, 4.69) is 9.82 Å². The number of pyridine rings is 1. The van der Waals surface area contributed by atoms with Gasteiger partial charge in [0.15, 0.2) is 15.5 Å². The van der Waals surface area contributed by atoms with E-state index in [1.54, 1.807) is 18.2 Å². The maximum absolute atomic E-state index is 13.4. The predicted octanol–water partition coefficient (Wildman–Crippen LogP) is 3.15. The molecule has 0 bridgehead atoms. The fourth-order valence-corrected chi connectivity index (χ4v) is 4.81. The number of benzene rings is 1. The van der Waals surface area contributed by atoms with E-state index in [1.165, 1.54) is 18.5 Å². The molecule has 0 radical (unpaired) electrons. The van der Waals surface area contributed by atoms with Crippen LogP contribution in [0.5, 0.6) is 0 Å². The number of rotatable bonds is 5. The molecular formula is C20H20F3N3O4S. The van der Waals surface area contributed by atoms with E-state index in [0.29, 0.717) is 5.92 Å². The van der Waals surface area contributed by atoms with E-state index >= 15 is 0 Å². The van der Waals surface area contributed by atoms with Crippen LogP contribution in [0.25, 0.3) is 22.4 Å². The van der Waals surface area contributed by atoms with Crippen molar-refractivity contribution in [3.8, 4) is 11.4 Å². The third-order valence-corrected chi connectivity index (χ3v) is 7.25. The first-order valence-corrected chi connectivity index (χ1v) is 11.3. The fourth-order valence-electron chi connectivity index (χ4n) is 3.69. The Labute approximate surface area is 176 Å². The molecule has 11 heteroatoms. The molecule has 2 aromatic heterocycles. The number of imidazole rings is 1.